The molecule has 1 saturated carbocycles. The van der Waals surface area contributed by atoms with Gasteiger partial charge in [0.25, 0.3) is 0 Å². The summed E-state index contributed by atoms with van der Waals surface area (Å²) in [5, 5.41) is 9.82. The zero-order valence-corrected chi connectivity index (χ0v) is 15.7. The Kier molecular flexibility index (Phi) is 4.75. The molecule has 0 atom stereocenters. The van der Waals surface area contributed by atoms with Crippen LogP contribution in [0.1, 0.15) is 36.8 Å². The molecule has 0 unspecified atom stereocenters. The first-order valence-corrected chi connectivity index (χ1v) is 9.57. The van der Waals surface area contributed by atoms with Crippen molar-refractivity contribution in [1.29, 1.82) is 5.26 Å². The summed E-state index contributed by atoms with van der Waals surface area (Å²) < 4.78 is 5.82. The van der Waals surface area contributed by atoms with Gasteiger partial charge >= 0.3 is 0 Å². The Morgan fingerprint density at radius 2 is 1.93 bits per heavy atom. The molecule has 1 aliphatic heterocycles. The normalized spacial score (nSPS) is 18.6. The number of ether oxygens (including phenoxy) is 1. The van der Waals surface area contributed by atoms with E-state index in [0.717, 1.165) is 31.2 Å². The molecule has 0 radical (unpaired) electrons. The number of carbonyl (C=O) groups is 1. The molecule has 4 rings (SSSR count). The van der Waals surface area contributed by atoms with Crippen LogP contribution in [0, 0.1) is 11.3 Å². The van der Waals surface area contributed by atoms with E-state index in [0.29, 0.717) is 29.6 Å². The zero-order chi connectivity index (χ0) is 18.9. The molecule has 2 heterocycles. The second-order valence-corrected chi connectivity index (χ2v) is 7.65. The van der Waals surface area contributed by atoms with Crippen molar-refractivity contribution in [2.24, 2.45) is 0 Å². The third kappa shape index (κ3) is 3.26. The second-order valence-electron chi connectivity index (χ2n) is 7.21. The lowest BCUT2D eigenvalue weighted by atomic mass is 9.77. The fourth-order valence-corrected chi connectivity index (χ4v) is 4.21. The van der Waals surface area contributed by atoms with E-state index in [9.17, 15) is 4.79 Å². The summed E-state index contributed by atoms with van der Waals surface area (Å²) in [6.07, 6.45) is 5.33. The Morgan fingerprint density at radius 3 is 2.59 bits per heavy atom. The molecule has 2 fully saturated rings. The van der Waals surface area contributed by atoms with Gasteiger partial charge in [0.1, 0.15) is 17.7 Å². The Balaban J connectivity index is 1.46. The van der Waals surface area contributed by atoms with Gasteiger partial charge < -0.3 is 9.64 Å². The van der Waals surface area contributed by atoms with Crippen LogP contribution < -0.4 is 4.74 Å². The summed E-state index contributed by atoms with van der Waals surface area (Å²) in [5.74, 6) is 0.508. The van der Waals surface area contributed by atoms with Crippen LogP contribution in [-0.4, -0.2) is 35.0 Å². The van der Waals surface area contributed by atoms with Crippen molar-refractivity contribution in [2.45, 2.75) is 37.2 Å². The summed E-state index contributed by atoms with van der Waals surface area (Å²) in [7, 11) is 0. The summed E-state index contributed by atoms with van der Waals surface area (Å²) in [6, 6.07) is 13.1. The van der Waals surface area contributed by atoms with Crippen molar-refractivity contribution in [1.82, 2.24) is 9.88 Å². The Bertz CT molecular complexity index is 879. The highest BCUT2D eigenvalue weighted by molar-refractivity contribution is 6.30. The fourth-order valence-electron chi connectivity index (χ4n) is 4.08. The van der Waals surface area contributed by atoms with E-state index in [-0.39, 0.29) is 12.0 Å². The number of amides is 1. The molecule has 1 aromatic heterocycles. The van der Waals surface area contributed by atoms with Crippen LogP contribution in [0.2, 0.25) is 5.02 Å². The number of hydrogen-bond donors (Lipinski definition) is 0. The number of aromatic nitrogens is 1. The van der Waals surface area contributed by atoms with E-state index in [4.69, 9.17) is 21.6 Å². The van der Waals surface area contributed by atoms with Crippen LogP contribution in [-0.2, 0) is 10.2 Å². The van der Waals surface area contributed by atoms with Gasteiger partial charge in [0, 0.05) is 11.2 Å². The molecule has 6 heteroatoms. The SMILES string of the molecule is N#Cc1cccnc1OC1CN(C(=O)C2(c3ccc(Cl)cc3)CCCC2)C1. The summed E-state index contributed by atoms with van der Waals surface area (Å²) >= 11 is 6.02. The molecular weight excluding hydrogens is 362 g/mol. The zero-order valence-electron chi connectivity index (χ0n) is 14.9. The van der Waals surface area contributed by atoms with Gasteiger partial charge in [-0.3, -0.25) is 4.79 Å². The third-order valence-electron chi connectivity index (χ3n) is 5.57. The first kappa shape index (κ1) is 17.8. The first-order valence-electron chi connectivity index (χ1n) is 9.19. The molecule has 5 nitrogen and oxygen atoms in total. The summed E-state index contributed by atoms with van der Waals surface area (Å²) in [6.45, 7) is 1.05. The van der Waals surface area contributed by atoms with Crippen molar-refractivity contribution in [3.05, 3.63) is 58.7 Å². The Hall–Kier alpha value is -2.58. The van der Waals surface area contributed by atoms with Gasteiger partial charge in [-0.25, -0.2) is 4.98 Å². The molecule has 1 amide bonds. The van der Waals surface area contributed by atoms with Crippen molar-refractivity contribution in [3.63, 3.8) is 0 Å². The van der Waals surface area contributed by atoms with Gasteiger partial charge in [0.15, 0.2) is 0 Å². The highest BCUT2D eigenvalue weighted by Gasteiger charge is 2.48. The summed E-state index contributed by atoms with van der Waals surface area (Å²) in [4.78, 5) is 19.3. The molecule has 0 spiro atoms. The number of rotatable bonds is 4. The minimum atomic E-state index is -0.446. The number of carbonyl (C=O) groups excluding carboxylic acids is 1. The van der Waals surface area contributed by atoms with Gasteiger partial charge in [-0.15, -0.1) is 0 Å². The monoisotopic (exact) mass is 381 g/mol. The highest BCUT2D eigenvalue weighted by Crippen LogP contribution is 2.43. The number of nitrogens with zero attached hydrogens (tertiary/aromatic N) is 3. The lowest BCUT2D eigenvalue weighted by Crippen LogP contribution is -2.60. The van der Waals surface area contributed by atoms with Crippen LogP contribution in [0.5, 0.6) is 5.88 Å². The van der Waals surface area contributed by atoms with Crippen LogP contribution >= 0.6 is 11.6 Å². The maximum absolute atomic E-state index is 13.3. The van der Waals surface area contributed by atoms with Gasteiger partial charge in [0.2, 0.25) is 11.8 Å². The van der Waals surface area contributed by atoms with E-state index in [1.54, 1.807) is 18.3 Å². The van der Waals surface area contributed by atoms with Crippen molar-refractivity contribution in [2.75, 3.05) is 13.1 Å². The number of hydrogen-bond acceptors (Lipinski definition) is 4. The molecule has 1 saturated heterocycles. The molecule has 27 heavy (non-hydrogen) atoms. The number of halogens is 1. The Morgan fingerprint density at radius 1 is 1.22 bits per heavy atom. The van der Waals surface area contributed by atoms with Gasteiger partial charge in [0.05, 0.1) is 18.5 Å². The first-order chi connectivity index (χ1) is 13.1. The number of pyridine rings is 1. The summed E-state index contributed by atoms with van der Waals surface area (Å²) in [5.41, 5.74) is 1.02. The standard InChI is InChI=1S/C21H20ClN3O2/c22-17-7-5-16(6-8-17)21(9-1-2-10-21)20(26)25-13-18(14-25)27-19-15(12-23)4-3-11-24-19/h3-8,11,18H,1-2,9-10,13-14H2. The van der Waals surface area contributed by atoms with Gasteiger partial charge in [-0.1, -0.05) is 36.6 Å². The topological polar surface area (TPSA) is 66.2 Å². The van der Waals surface area contributed by atoms with Crippen molar-refractivity contribution < 1.29 is 9.53 Å². The molecule has 138 valence electrons. The third-order valence-corrected chi connectivity index (χ3v) is 5.82. The van der Waals surface area contributed by atoms with Crippen LogP contribution in [0.3, 0.4) is 0 Å². The van der Waals surface area contributed by atoms with E-state index in [2.05, 4.69) is 11.1 Å². The molecule has 1 aliphatic carbocycles. The van der Waals surface area contributed by atoms with Crippen molar-refractivity contribution in [3.8, 4) is 11.9 Å². The predicted molar refractivity (Wildman–Crippen MR) is 102 cm³/mol. The lowest BCUT2D eigenvalue weighted by molar-refractivity contribution is -0.146. The predicted octanol–water partition coefficient (Wildman–Crippen LogP) is 3.71. The van der Waals surface area contributed by atoms with Crippen LogP contribution in [0.25, 0.3) is 0 Å². The maximum atomic E-state index is 13.3. The average Bonchev–Trinajstić information content (AvgIpc) is 3.16. The quantitative estimate of drug-likeness (QED) is 0.809. The smallest absolute Gasteiger partial charge is 0.233 e. The van der Waals surface area contributed by atoms with E-state index in [1.807, 2.05) is 29.2 Å². The largest absolute Gasteiger partial charge is 0.470 e. The molecule has 0 N–H and O–H groups in total. The second kappa shape index (κ2) is 7.21. The molecular formula is C21H20ClN3O2. The molecule has 2 aromatic rings. The molecule has 1 aromatic carbocycles. The van der Waals surface area contributed by atoms with Gasteiger partial charge in [-0.05, 0) is 42.7 Å². The maximum Gasteiger partial charge on any atom is 0.233 e. The number of benzene rings is 1. The van der Waals surface area contributed by atoms with E-state index in [1.165, 1.54) is 0 Å². The minimum absolute atomic E-state index is 0.125. The van der Waals surface area contributed by atoms with E-state index >= 15 is 0 Å². The number of nitriles is 1. The molecule has 2 aliphatic rings. The van der Waals surface area contributed by atoms with Crippen LogP contribution in [0.4, 0.5) is 0 Å². The number of likely N-dealkylation sites (tertiary alicyclic amines) is 1. The lowest BCUT2D eigenvalue weighted by Gasteiger charge is -2.43. The van der Waals surface area contributed by atoms with Gasteiger partial charge in [-0.2, -0.15) is 5.26 Å². The average molecular weight is 382 g/mol. The molecule has 0 bridgehead atoms. The highest BCUT2D eigenvalue weighted by atomic mass is 35.5. The van der Waals surface area contributed by atoms with E-state index < -0.39 is 5.41 Å². The Labute approximate surface area is 163 Å². The minimum Gasteiger partial charge on any atom is -0.470 e. The van der Waals surface area contributed by atoms with Crippen molar-refractivity contribution >= 4 is 17.5 Å². The fraction of sp³-hybridized carbons (Fsp3) is 0.381. The van der Waals surface area contributed by atoms with Crippen LogP contribution in [0.15, 0.2) is 42.6 Å².